The summed E-state index contributed by atoms with van der Waals surface area (Å²) >= 11 is 1.22. The predicted molar refractivity (Wildman–Crippen MR) is 84.1 cm³/mol. The molecule has 1 aliphatic carbocycles. The maximum Gasteiger partial charge on any atom is 0.308 e. The number of carbonyl (C=O) groups is 2. The molecule has 1 amide bonds. The molecule has 0 aliphatic heterocycles. The highest BCUT2D eigenvalue weighted by molar-refractivity contribution is 7.17. The lowest BCUT2D eigenvalue weighted by Crippen LogP contribution is -2.40. The summed E-state index contributed by atoms with van der Waals surface area (Å²) in [4.78, 5) is 36.7. The van der Waals surface area contributed by atoms with Crippen LogP contribution >= 0.6 is 11.3 Å². The van der Waals surface area contributed by atoms with E-state index in [1.165, 1.54) is 11.3 Å². The molecular formula is C15H16N4O3S. The smallest absolute Gasteiger partial charge is 0.308 e. The standard InChI is InChI=1S/C15H16N4O3S/c1-8-11(23-14(18-8)12-16-6-3-7-17-12)13(20)19-10-5-2-4-9(10)15(21)22/h3,6-7,9-10H,2,4-5H2,1H3,(H,19,20)(H,21,22)/t9-,10+/m0/s1. The first-order chi connectivity index (χ1) is 11.1. The lowest BCUT2D eigenvalue weighted by atomic mass is 10.0. The van der Waals surface area contributed by atoms with Crippen molar-refractivity contribution in [3.63, 3.8) is 0 Å². The predicted octanol–water partition coefficient (Wildman–Crippen LogP) is 1.89. The van der Waals surface area contributed by atoms with Gasteiger partial charge in [-0.1, -0.05) is 6.42 Å². The molecule has 0 unspecified atom stereocenters. The molecule has 2 aromatic rings. The van der Waals surface area contributed by atoms with E-state index in [0.717, 1.165) is 6.42 Å². The van der Waals surface area contributed by atoms with Gasteiger partial charge in [-0.25, -0.2) is 15.0 Å². The Hall–Kier alpha value is -2.35. The van der Waals surface area contributed by atoms with E-state index in [0.29, 0.717) is 34.2 Å². The van der Waals surface area contributed by atoms with E-state index in [2.05, 4.69) is 20.3 Å². The Kier molecular flexibility index (Phi) is 4.33. The normalized spacial score (nSPS) is 20.4. The van der Waals surface area contributed by atoms with Gasteiger partial charge in [-0.3, -0.25) is 9.59 Å². The number of nitrogens with one attached hydrogen (secondary N) is 1. The van der Waals surface area contributed by atoms with Crippen LogP contribution in [0.1, 0.15) is 34.6 Å². The monoisotopic (exact) mass is 332 g/mol. The molecule has 2 heterocycles. The van der Waals surface area contributed by atoms with Gasteiger partial charge in [0.25, 0.3) is 5.91 Å². The molecule has 23 heavy (non-hydrogen) atoms. The highest BCUT2D eigenvalue weighted by atomic mass is 32.1. The van der Waals surface area contributed by atoms with E-state index in [1.54, 1.807) is 25.4 Å². The number of aliphatic carboxylic acids is 1. The molecule has 0 bridgehead atoms. The number of carboxylic acid groups (broad SMARTS) is 1. The van der Waals surface area contributed by atoms with Crippen LogP contribution in [-0.4, -0.2) is 38.0 Å². The van der Waals surface area contributed by atoms with Crippen molar-refractivity contribution >= 4 is 23.2 Å². The van der Waals surface area contributed by atoms with Crippen molar-refractivity contribution in [2.75, 3.05) is 0 Å². The van der Waals surface area contributed by atoms with E-state index in [-0.39, 0.29) is 11.9 Å². The molecule has 2 aromatic heterocycles. The Morgan fingerprint density at radius 2 is 2.04 bits per heavy atom. The Balaban J connectivity index is 1.78. The number of aryl methyl sites for hydroxylation is 1. The van der Waals surface area contributed by atoms with Gasteiger partial charge in [0.05, 0.1) is 11.6 Å². The topological polar surface area (TPSA) is 105 Å². The van der Waals surface area contributed by atoms with Gasteiger partial charge in [0.2, 0.25) is 0 Å². The number of thiazole rings is 1. The molecule has 8 heteroatoms. The number of carbonyl (C=O) groups excluding carboxylic acids is 1. The van der Waals surface area contributed by atoms with Gasteiger partial charge in [-0.15, -0.1) is 11.3 Å². The summed E-state index contributed by atoms with van der Waals surface area (Å²) < 4.78 is 0. The first-order valence-corrected chi connectivity index (χ1v) is 8.16. The number of amides is 1. The van der Waals surface area contributed by atoms with Crippen LogP contribution in [0.4, 0.5) is 0 Å². The number of rotatable bonds is 4. The molecule has 0 aromatic carbocycles. The first kappa shape index (κ1) is 15.5. The average molecular weight is 332 g/mol. The van der Waals surface area contributed by atoms with Gasteiger partial charge in [-0.05, 0) is 25.8 Å². The van der Waals surface area contributed by atoms with E-state index in [4.69, 9.17) is 0 Å². The molecule has 2 atom stereocenters. The Morgan fingerprint density at radius 1 is 1.30 bits per heavy atom. The fourth-order valence-corrected chi connectivity index (χ4v) is 3.69. The van der Waals surface area contributed by atoms with Gasteiger partial charge in [0, 0.05) is 18.4 Å². The molecule has 1 aliphatic rings. The molecule has 1 saturated carbocycles. The summed E-state index contributed by atoms with van der Waals surface area (Å²) in [7, 11) is 0. The zero-order valence-corrected chi connectivity index (χ0v) is 13.3. The summed E-state index contributed by atoms with van der Waals surface area (Å²) in [5.74, 6) is -1.17. The van der Waals surface area contributed by atoms with E-state index in [1.807, 2.05) is 0 Å². The lowest BCUT2D eigenvalue weighted by Gasteiger charge is -2.17. The van der Waals surface area contributed by atoms with Crippen LogP contribution in [-0.2, 0) is 4.79 Å². The highest BCUT2D eigenvalue weighted by Gasteiger charge is 2.34. The summed E-state index contributed by atoms with van der Waals surface area (Å²) in [6.45, 7) is 1.75. The Morgan fingerprint density at radius 3 is 2.74 bits per heavy atom. The van der Waals surface area contributed by atoms with E-state index < -0.39 is 11.9 Å². The van der Waals surface area contributed by atoms with Crippen LogP contribution in [0.2, 0.25) is 0 Å². The fraction of sp³-hybridized carbons (Fsp3) is 0.400. The van der Waals surface area contributed by atoms with Crippen LogP contribution in [0.5, 0.6) is 0 Å². The second kappa shape index (κ2) is 6.41. The van der Waals surface area contributed by atoms with Gasteiger partial charge in [-0.2, -0.15) is 0 Å². The molecule has 7 nitrogen and oxygen atoms in total. The second-order valence-corrected chi connectivity index (χ2v) is 6.46. The molecule has 3 rings (SSSR count). The number of nitrogens with zero attached hydrogens (tertiary/aromatic N) is 3. The van der Waals surface area contributed by atoms with E-state index >= 15 is 0 Å². The number of hydrogen-bond acceptors (Lipinski definition) is 6. The van der Waals surface area contributed by atoms with Crippen molar-refractivity contribution in [2.24, 2.45) is 5.92 Å². The van der Waals surface area contributed by atoms with Crippen molar-refractivity contribution in [1.82, 2.24) is 20.3 Å². The van der Waals surface area contributed by atoms with Crippen LogP contribution in [0.25, 0.3) is 10.8 Å². The zero-order chi connectivity index (χ0) is 16.4. The second-order valence-electron chi connectivity index (χ2n) is 5.46. The fourth-order valence-electron chi connectivity index (χ4n) is 2.77. The minimum absolute atomic E-state index is 0.277. The van der Waals surface area contributed by atoms with Gasteiger partial charge in [0.1, 0.15) is 4.88 Å². The van der Waals surface area contributed by atoms with Gasteiger partial charge >= 0.3 is 5.97 Å². The Bertz CT molecular complexity index is 732. The summed E-state index contributed by atoms with van der Waals surface area (Å²) in [5, 5.41) is 12.6. The van der Waals surface area contributed by atoms with Gasteiger partial charge in [0.15, 0.2) is 10.8 Å². The quantitative estimate of drug-likeness (QED) is 0.886. The third-order valence-electron chi connectivity index (χ3n) is 3.91. The Labute approximate surface area is 136 Å². The van der Waals surface area contributed by atoms with Gasteiger partial charge < -0.3 is 10.4 Å². The summed E-state index contributed by atoms with van der Waals surface area (Å²) in [6.07, 6.45) is 5.34. The minimum Gasteiger partial charge on any atom is -0.481 e. The molecule has 0 saturated heterocycles. The largest absolute Gasteiger partial charge is 0.481 e. The number of aromatic nitrogens is 3. The highest BCUT2D eigenvalue weighted by Crippen LogP contribution is 2.28. The zero-order valence-electron chi connectivity index (χ0n) is 12.5. The summed E-state index contributed by atoms with van der Waals surface area (Å²) in [6, 6.07) is 1.39. The lowest BCUT2D eigenvalue weighted by molar-refractivity contribution is -0.142. The number of hydrogen-bond donors (Lipinski definition) is 2. The van der Waals surface area contributed by atoms with Crippen molar-refractivity contribution in [3.05, 3.63) is 29.0 Å². The van der Waals surface area contributed by atoms with Crippen molar-refractivity contribution in [1.29, 1.82) is 0 Å². The third-order valence-corrected chi connectivity index (χ3v) is 5.06. The van der Waals surface area contributed by atoms with E-state index in [9.17, 15) is 14.7 Å². The maximum absolute atomic E-state index is 12.5. The van der Waals surface area contributed by atoms with Crippen LogP contribution in [0.15, 0.2) is 18.5 Å². The SMILES string of the molecule is Cc1nc(-c2ncccn2)sc1C(=O)N[C@@H]1CCC[C@@H]1C(=O)O. The summed E-state index contributed by atoms with van der Waals surface area (Å²) in [5.41, 5.74) is 0.597. The molecule has 0 spiro atoms. The van der Waals surface area contributed by atoms with Crippen LogP contribution in [0, 0.1) is 12.8 Å². The molecular weight excluding hydrogens is 316 g/mol. The number of carboxylic acids is 1. The molecule has 0 radical (unpaired) electrons. The van der Waals surface area contributed by atoms with Crippen molar-refractivity contribution in [3.8, 4) is 10.8 Å². The molecule has 120 valence electrons. The van der Waals surface area contributed by atoms with Crippen LogP contribution < -0.4 is 5.32 Å². The third kappa shape index (κ3) is 3.21. The maximum atomic E-state index is 12.5. The molecule has 1 fully saturated rings. The minimum atomic E-state index is -0.854. The van der Waals surface area contributed by atoms with Crippen molar-refractivity contribution in [2.45, 2.75) is 32.2 Å². The first-order valence-electron chi connectivity index (χ1n) is 7.34. The average Bonchev–Trinajstić information content (AvgIpc) is 3.14. The van der Waals surface area contributed by atoms with Crippen LogP contribution in [0.3, 0.4) is 0 Å². The van der Waals surface area contributed by atoms with Crippen molar-refractivity contribution < 1.29 is 14.7 Å². The molecule has 2 N–H and O–H groups in total.